The normalized spacial score (nSPS) is 23.3. The lowest BCUT2D eigenvalue weighted by Gasteiger charge is -2.60. The molecule has 0 radical (unpaired) electrons. The van der Waals surface area contributed by atoms with Crippen LogP contribution in [0.25, 0.3) is 0 Å². The van der Waals surface area contributed by atoms with Gasteiger partial charge in [0.2, 0.25) is 12.6 Å². The summed E-state index contributed by atoms with van der Waals surface area (Å²) in [6.07, 6.45) is 10.2. The van der Waals surface area contributed by atoms with Crippen LogP contribution >= 0.6 is 0 Å². The van der Waals surface area contributed by atoms with Gasteiger partial charge in [0.1, 0.15) is 36.2 Å². The number of rotatable bonds is 21. The third-order valence-corrected chi connectivity index (χ3v) is 12.8. The van der Waals surface area contributed by atoms with Gasteiger partial charge in [0.15, 0.2) is 11.5 Å². The summed E-state index contributed by atoms with van der Waals surface area (Å²) >= 11 is 0. The van der Waals surface area contributed by atoms with Gasteiger partial charge < -0.3 is 43.6 Å². The molecule has 64 heavy (non-hydrogen) atoms. The van der Waals surface area contributed by atoms with Gasteiger partial charge in [0, 0.05) is 48.8 Å². The Morgan fingerprint density at radius 2 is 1.69 bits per heavy atom. The molecule has 0 bridgehead atoms. The molecule has 0 aromatic heterocycles. The first-order valence-electron chi connectivity index (χ1n) is 22.6. The van der Waals surface area contributed by atoms with Crippen molar-refractivity contribution in [2.45, 2.75) is 82.6 Å². The maximum absolute atomic E-state index is 15.2. The van der Waals surface area contributed by atoms with Crippen LogP contribution in [0, 0.1) is 17.8 Å². The first kappa shape index (κ1) is 44.6. The number of benzene rings is 4. The molecule has 8 rings (SSSR count). The number of carbonyl (C=O) groups excluding carboxylic acids is 2. The summed E-state index contributed by atoms with van der Waals surface area (Å²) < 4.78 is 32.3. The number of aliphatic hydroxyl groups is 2. The molecule has 12 nitrogen and oxygen atoms in total. The van der Waals surface area contributed by atoms with E-state index in [4.69, 9.17) is 33.7 Å². The predicted molar refractivity (Wildman–Crippen MR) is 242 cm³/mol. The minimum Gasteiger partial charge on any atom is -0.459 e. The van der Waals surface area contributed by atoms with Crippen LogP contribution in [-0.4, -0.2) is 78.0 Å². The summed E-state index contributed by atoms with van der Waals surface area (Å²) in [5.74, 6) is 0.490. The smallest absolute Gasteiger partial charge is 0.254 e. The second-order valence-electron chi connectivity index (χ2n) is 16.9. The Balaban J connectivity index is 1.33. The van der Waals surface area contributed by atoms with Crippen molar-refractivity contribution in [1.82, 2.24) is 4.90 Å². The van der Waals surface area contributed by atoms with Crippen LogP contribution in [0.4, 0.5) is 0 Å². The van der Waals surface area contributed by atoms with Crippen LogP contribution < -0.4 is 18.9 Å². The first-order valence-corrected chi connectivity index (χ1v) is 22.6. The third-order valence-electron chi connectivity index (χ3n) is 12.8. The zero-order valence-electron chi connectivity index (χ0n) is 36.4. The molecular weight excluding hydrogens is 813 g/mol. The number of hydrogen-bond donors (Lipinski definition) is 2. The molecule has 2 N–H and O–H groups in total. The summed E-state index contributed by atoms with van der Waals surface area (Å²) in [5.41, 5.74) is 4.48. The molecule has 4 aromatic rings. The highest BCUT2D eigenvalue weighted by molar-refractivity contribution is 6.03. The van der Waals surface area contributed by atoms with Crippen LogP contribution in [0.1, 0.15) is 96.1 Å². The number of amides is 1. The summed E-state index contributed by atoms with van der Waals surface area (Å²) in [6, 6.07) is 27.3. The highest BCUT2D eigenvalue weighted by Crippen LogP contribution is 2.62. The molecule has 2 aliphatic heterocycles. The quantitative estimate of drug-likeness (QED) is 0.0360. The van der Waals surface area contributed by atoms with Crippen LogP contribution in [0.15, 0.2) is 120 Å². The van der Waals surface area contributed by atoms with Gasteiger partial charge in [-0.25, -0.2) is 0 Å². The van der Waals surface area contributed by atoms with Crippen molar-refractivity contribution in [1.29, 1.82) is 0 Å². The van der Waals surface area contributed by atoms with Crippen molar-refractivity contribution >= 4 is 17.9 Å². The molecule has 1 fully saturated rings. The van der Waals surface area contributed by atoms with Gasteiger partial charge in [-0.3, -0.25) is 9.59 Å². The number of carbonyl (C=O) groups is 2. The van der Waals surface area contributed by atoms with Crippen LogP contribution in [0.5, 0.6) is 28.7 Å². The number of fused-ring (bicyclic) bond motifs is 3. The molecule has 0 spiro atoms. The number of hydrogen-bond acceptors (Lipinski definition) is 11. The van der Waals surface area contributed by atoms with Crippen LogP contribution in [0.3, 0.4) is 0 Å². The van der Waals surface area contributed by atoms with E-state index in [1.165, 1.54) is 0 Å². The number of unbranched alkanes of at least 4 members (excludes halogenated alkanes) is 2. The molecule has 1 saturated carbocycles. The fraction of sp³-hybridized carbons (Fsp3) is 0.404. The van der Waals surface area contributed by atoms with E-state index in [0.717, 1.165) is 48.7 Å². The molecule has 2 heterocycles. The Morgan fingerprint density at radius 1 is 0.906 bits per heavy atom. The van der Waals surface area contributed by atoms with Gasteiger partial charge in [-0.2, -0.15) is 0 Å². The van der Waals surface area contributed by atoms with Gasteiger partial charge in [-0.1, -0.05) is 79.5 Å². The molecule has 0 saturated heterocycles. The molecule has 1 amide bonds. The predicted octanol–water partition coefficient (Wildman–Crippen LogP) is 9.41. The molecular formula is C52H58N2O10. The maximum Gasteiger partial charge on any atom is 0.254 e. The van der Waals surface area contributed by atoms with E-state index in [2.05, 4.69) is 12.7 Å². The molecule has 6 atom stereocenters. The van der Waals surface area contributed by atoms with E-state index < -0.39 is 17.7 Å². The molecule has 2 aliphatic carbocycles. The number of aliphatic hydroxyl groups excluding tert-OH is 2. The van der Waals surface area contributed by atoms with E-state index in [1.807, 2.05) is 66.4 Å². The van der Waals surface area contributed by atoms with Gasteiger partial charge >= 0.3 is 0 Å². The fourth-order valence-electron chi connectivity index (χ4n) is 10.1. The number of aldehydes is 1. The number of oxime groups is 1. The van der Waals surface area contributed by atoms with E-state index >= 15 is 4.79 Å². The highest BCUT2D eigenvalue weighted by atomic mass is 16.7. The summed E-state index contributed by atoms with van der Waals surface area (Å²) in [4.78, 5) is 35.0. The summed E-state index contributed by atoms with van der Waals surface area (Å²) in [6.45, 7) is 7.13. The van der Waals surface area contributed by atoms with Crippen molar-refractivity contribution in [2.24, 2.45) is 22.9 Å². The Hall–Kier alpha value is -5.95. The Morgan fingerprint density at radius 3 is 2.47 bits per heavy atom. The van der Waals surface area contributed by atoms with Crippen molar-refractivity contribution in [3.05, 3.63) is 138 Å². The zero-order chi connectivity index (χ0) is 44.5. The molecule has 4 aromatic carbocycles. The average molecular weight is 871 g/mol. The highest BCUT2D eigenvalue weighted by Gasteiger charge is 2.65. The maximum atomic E-state index is 15.2. The van der Waals surface area contributed by atoms with Gasteiger partial charge in [0.05, 0.1) is 18.2 Å². The lowest BCUT2D eigenvalue weighted by molar-refractivity contribution is -0.254. The largest absolute Gasteiger partial charge is 0.459 e. The number of nitrogens with zero attached hydrogens (tertiary/aromatic N) is 2. The molecule has 12 heteroatoms. The average Bonchev–Trinajstić information content (AvgIpc) is 3.80. The van der Waals surface area contributed by atoms with Gasteiger partial charge in [-0.05, 0) is 104 Å². The zero-order valence-corrected chi connectivity index (χ0v) is 36.4. The first-order chi connectivity index (χ1) is 31.4. The van der Waals surface area contributed by atoms with Crippen molar-refractivity contribution in [2.75, 3.05) is 33.2 Å². The molecule has 4 aliphatic rings. The van der Waals surface area contributed by atoms with E-state index in [9.17, 15) is 15.0 Å². The van der Waals surface area contributed by atoms with Crippen molar-refractivity contribution < 1.29 is 48.3 Å². The third kappa shape index (κ3) is 9.31. The second kappa shape index (κ2) is 20.7. The second-order valence-corrected chi connectivity index (χ2v) is 16.9. The SMILES string of the molecule is C=CCOC12Oc3ccc(Oc4cccc(C=O)c4)cc3C3C(CCCCO)C(CCCCO)C=C(C(=NOCc4ccccc4)CC1N(CCC)C(=O)c1ccc4c(c1)OCO4)C32. The van der Waals surface area contributed by atoms with E-state index in [1.54, 1.807) is 42.5 Å². The van der Waals surface area contributed by atoms with Gasteiger partial charge in [0.25, 0.3) is 5.91 Å². The minimum atomic E-state index is -1.43. The van der Waals surface area contributed by atoms with Gasteiger partial charge in [-0.15, -0.1) is 6.58 Å². The minimum absolute atomic E-state index is 0.0245. The standard InChI is InChI=1S/C52H58N2O10/c1-3-23-54(51(58)38-19-21-46-47(29-38)60-34-59-46)48-31-44(53-62-33-35-13-6-5-7-14-35)42-28-37(16-8-10-24-55)41(18-9-11-25-56)49-43-30-40(63-39-17-12-15-36(27-39)32-57)20-22-45(43)64-52(48,50(42)49)61-26-4-2/h4-7,12-15,17,19-22,27-30,32,37,41,48-50,55-56H,2-3,8-11,16,18,23-26,31,33-34H2,1H3. The lowest BCUT2D eigenvalue weighted by Crippen LogP contribution is -2.70. The lowest BCUT2D eigenvalue weighted by atomic mass is 9.55. The van der Waals surface area contributed by atoms with Crippen LogP contribution in [0.2, 0.25) is 0 Å². The van der Waals surface area contributed by atoms with Crippen LogP contribution in [-0.2, 0) is 16.2 Å². The topological polar surface area (TPSA) is 146 Å². The summed E-state index contributed by atoms with van der Waals surface area (Å²) in [7, 11) is 0. The van der Waals surface area contributed by atoms with E-state index in [-0.39, 0.29) is 63.3 Å². The van der Waals surface area contributed by atoms with Crippen molar-refractivity contribution in [3.63, 3.8) is 0 Å². The Kier molecular flexibility index (Phi) is 14.4. The van der Waals surface area contributed by atoms with E-state index in [0.29, 0.717) is 71.4 Å². The molecule has 6 unspecified atom stereocenters. The Bertz CT molecular complexity index is 2330. The summed E-state index contributed by atoms with van der Waals surface area (Å²) in [5, 5.41) is 24.9. The fourth-order valence-corrected chi connectivity index (χ4v) is 10.1. The monoisotopic (exact) mass is 870 g/mol. The number of allylic oxidation sites excluding steroid dienone is 1. The Labute approximate surface area is 375 Å². The van der Waals surface area contributed by atoms with Crippen molar-refractivity contribution in [3.8, 4) is 28.7 Å². The number of ether oxygens (including phenoxy) is 5. The molecule has 336 valence electrons.